The Morgan fingerprint density at radius 3 is 2.25 bits per heavy atom. The van der Waals surface area contributed by atoms with Crippen LogP contribution >= 0.6 is 0 Å². The van der Waals surface area contributed by atoms with Gasteiger partial charge in [0.1, 0.15) is 5.75 Å². The Balaban J connectivity index is 1.66. The van der Waals surface area contributed by atoms with Crippen LogP contribution in [-0.4, -0.2) is 22.9 Å². The second-order valence-corrected chi connectivity index (χ2v) is 8.02. The molecule has 1 aliphatic heterocycles. The lowest BCUT2D eigenvalue weighted by atomic mass is 9.76. The number of carbonyl (C=O) groups excluding carboxylic acids is 1. The number of para-hydroxylation sites is 1. The maximum atomic E-state index is 13.4. The van der Waals surface area contributed by atoms with Gasteiger partial charge in [0.05, 0.1) is 24.4 Å². The minimum absolute atomic E-state index is 0.171. The van der Waals surface area contributed by atoms with E-state index >= 15 is 0 Å². The van der Waals surface area contributed by atoms with Crippen molar-refractivity contribution in [2.24, 2.45) is 5.92 Å². The molecule has 0 saturated heterocycles. The Bertz CT molecular complexity index is 1230. The Labute approximate surface area is 187 Å². The molecule has 2 atom stereocenters. The number of fused-ring (bicyclic) bond motifs is 1. The molecule has 3 aromatic carbocycles. The molecule has 160 valence electrons. The molecule has 0 fully saturated rings. The largest absolute Gasteiger partial charge is 0.497 e. The first-order chi connectivity index (χ1) is 15.7. The van der Waals surface area contributed by atoms with Crippen molar-refractivity contribution in [1.82, 2.24) is 9.78 Å². The number of aromatic nitrogens is 2. The lowest BCUT2D eigenvalue weighted by molar-refractivity contribution is -0.141. The van der Waals surface area contributed by atoms with Crippen molar-refractivity contribution >= 4 is 5.97 Å². The molecule has 5 rings (SSSR count). The number of ether oxygens (including phenoxy) is 2. The molecule has 1 aromatic heterocycles. The molecular weight excluding hydrogens is 400 g/mol. The zero-order chi connectivity index (χ0) is 22.1. The van der Waals surface area contributed by atoms with Crippen molar-refractivity contribution in [3.63, 3.8) is 0 Å². The highest BCUT2D eigenvalue weighted by atomic mass is 16.5. The Hall–Kier alpha value is -3.86. The van der Waals surface area contributed by atoms with Gasteiger partial charge in [-0.05, 0) is 48.7 Å². The second-order valence-electron chi connectivity index (χ2n) is 8.02. The smallest absolute Gasteiger partial charge is 0.316 e. The van der Waals surface area contributed by atoms with Crippen molar-refractivity contribution in [2.45, 2.75) is 19.3 Å². The van der Waals surface area contributed by atoms with Crippen molar-refractivity contribution in [3.8, 4) is 17.3 Å². The third-order valence-corrected chi connectivity index (χ3v) is 6.05. The zero-order valence-electron chi connectivity index (χ0n) is 18.1. The van der Waals surface area contributed by atoms with Crippen LogP contribution in [0, 0.1) is 12.8 Å². The molecule has 2 heterocycles. The zero-order valence-corrected chi connectivity index (χ0v) is 18.1. The Kier molecular flexibility index (Phi) is 5.23. The normalized spacial score (nSPS) is 17.5. The van der Waals surface area contributed by atoms with Crippen molar-refractivity contribution in [2.75, 3.05) is 7.11 Å². The van der Waals surface area contributed by atoms with Gasteiger partial charge in [0.25, 0.3) is 0 Å². The summed E-state index contributed by atoms with van der Waals surface area (Å²) in [6.07, 6.45) is 0.589. The fraction of sp³-hybridized carbons (Fsp3) is 0.185. The van der Waals surface area contributed by atoms with Gasteiger partial charge in [-0.2, -0.15) is 5.10 Å². The summed E-state index contributed by atoms with van der Waals surface area (Å²) < 4.78 is 13.0. The highest BCUT2D eigenvalue weighted by molar-refractivity contribution is 5.81. The van der Waals surface area contributed by atoms with Gasteiger partial charge in [-0.25, -0.2) is 4.68 Å². The van der Waals surface area contributed by atoms with Crippen LogP contribution in [0.25, 0.3) is 5.69 Å². The first-order valence-electron chi connectivity index (χ1n) is 10.7. The second kappa shape index (κ2) is 8.35. The molecular formula is C27H24N2O3. The van der Waals surface area contributed by atoms with Crippen LogP contribution in [0.3, 0.4) is 0 Å². The SMILES string of the molecule is COc1ccc([C@H]2c3c(C)nn(-c4ccccc4)c3OC(=O)[C@H]2Cc2ccccc2)cc1. The average molecular weight is 425 g/mol. The Morgan fingerprint density at radius 1 is 0.938 bits per heavy atom. The van der Waals surface area contributed by atoms with Gasteiger partial charge >= 0.3 is 5.97 Å². The van der Waals surface area contributed by atoms with E-state index in [0.29, 0.717) is 12.3 Å². The number of benzene rings is 3. The molecule has 0 radical (unpaired) electrons. The molecule has 0 N–H and O–H groups in total. The molecule has 1 aliphatic rings. The molecule has 0 amide bonds. The van der Waals surface area contributed by atoms with Crippen LogP contribution in [0.5, 0.6) is 11.6 Å². The molecule has 0 aliphatic carbocycles. The minimum atomic E-state index is -0.356. The molecule has 0 bridgehead atoms. The molecule has 0 unspecified atom stereocenters. The standard InChI is InChI=1S/C27H24N2O3/c1-18-24-25(20-13-15-22(31-2)16-14-20)23(17-19-9-5-3-6-10-19)27(30)32-26(24)29(28-18)21-11-7-4-8-12-21/h3-16,23,25H,17H2,1-2H3/t23-,25+/m0/s1. The molecule has 0 saturated carbocycles. The van der Waals surface area contributed by atoms with E-state index in [4.69, 9.17) is 14.6 Å². The number of nitrogens with zero attached hydrogens (tertiary/aromatic N) is 2. The lowest BCUT2D eigenvalue weighted by Crippen LogP contribution is -2.34. The summed E-state index contributed by atoms with van der Waals surface area (Å²) in [7, 11) is 1.65. The number of rotatable bonds is 5. The maximum absolute atomic E-state index is 13.4. The van der Waals surface area contributed by atoms with Crippen molar-refractivity contribution in [3.05, 3.63) is 107 Å². The van der Waals surface area contributed by atoms with E-state index in [9.17, 15) is 4.79 Å². The van der Waals surface area contributed by atoms with Crippen molar-refractivity contribution in [1.29, 1.82) is 0 Å². The number of carbonyl (C=O) groups is 1. The van der Waals surface area contributed by atoms with Gasteiger partial charge in [0.15, 0.2) is 0 Å². The topological polar surface area (TPSA) is 53.4 Å². The number of methoxy groups -OCH3 is 1. The molecule has 32 heavy (non-hydrogen) atoms. The fourth-order valence-corrected chi connectivity index (χ4v) is 4.51. The van der Waals surface area contributed by atoms with Gasteiger partial charge in [0.2, 0.25) is 5.88 Å². The summed E-state index contributed by atoms with van der Waals surface area (Å²) in [6.45, 7) is 1.98. The van der Waals surface area contributed by atoms with E-state index < -0.39 is 0 Å². The lowest BCUT2D eigenvalue weighted by Gasteiger charge is -2.31. The summed E-state index contributed by atoms with van der Waals surface area (Å²) >= 11 is 0. The van der Waals surface area contributed by atoms with E-state index in [-0.39, 0.29) is 17.8 Å². The highest BCUT2D eigenvalue weighted by Crippen LogP contribution is 2.46. The van der Waals surface area contributed by atoms with Crippen LogP contribution in [0.4, 0.5) is 0 Å². The van der Waals surface area contributed by atoms with Crippen LogP contribution in [-0.2, 0) is 11.2 Å². The predicted molar refractivity (Wildman–Crippen MR) is 122 cm³/mol. The highest BCUT2D eigenvalue weighted by Gasteiger charge is 2.42. The number of esters is 1. The summed E-state index contributed by atoms with van der Waals surface area (Å²) in [6, 6.07) is 27.8. The van der Waals surface area contributed by atoms with Gasteiger partial charge in [0, 0.05) is 11.5 Å². The summed E-state index contributed by atoms with van der Waals surface area (Å²) in [4.78, 5) is 13.4. The van der Waals surface area contributed by atoms with E-state index in [1.54, 1.807) is 11.8 Å². The van der Waals surface area contributed by atoms with Crippen molar-refractivity contribution < 1.29 is 14.3 Å². The third kappa shape index (κ3) is 3.56. The number of aryl methyl sites for hydroxylation is 1. The van der Waals surface area contributed by atoms with E-state index in [1.807, 2.05) is 91.9 Å². The van der Waals surface area contributed by atoms with Crippen LogP contribution in [0.2, 0.25) is 0 Å². The van der Waals surface area contributed by atoms with E-state index in [0.717, 1.165) is 33.8 Å². The number of hydrogen-bond acceptors (Lipinski definition) is 4. The maximum Gasteiger partial charge on any atom is 0.316 e. The quantitative estimate of drug-likeness (QED) is 0.418. The Morgan fingerprint density at radius 2 is 1.59 bits per heavy atom. The summed E-state index contributed by atoms with van der Waals surface area (Å²) in [5.74, 6) is 0.520. The van der Waals surface area contributed by atoms with Crippen LogP contribution in [0.15, 0.2) is 84.9 Å². The van der Waals surface area contributed by atoms with Gasteiger partial charge in [-0.3, -0.25) is 4.79 Å². The third-order valence-electron chi connectivity index (χ3n) is 6.05. The first-order valence-corrected chi connectivity index (χ1v) is 10.7. The summed E-state index contributed by atoms with van der Waals surface area (Å²) in [5.41, 5.74) is 4.82. The fourth-order valence-electron chi connectivity index (χ4n) is 4.51. The van der Waals surface area contributed by atoms with Gasteiger partial charge in [-0.15, -0.1) is 0 Å². The van der Waals surface area contributed by atoms with Gasteiger partial charge in [-0.1, -0.05) is 60.7 Å². The monoisotopic (exact) mass is 424 g/mol. The molecule has 0 spiro atoms. The number of hydrogen-bond donors (Lipinski definition) is 0. The van der Waals surface area contributed by atoms with Gasteiger partial charge < -0.3 is 9.47 Å². The van der Waals surface area contributed by atoms with E-state index in [1.165, 1.54) is 0 Å². The first kappa shape index (κ1) is 20.1. The molecule has 5 nitrogen and oxygen atoms in total. The predicted octanol–water partition coefficient (Wildman–Crippen LogP) is 5.10. The van der Waals surface area contributed by atoms with E-state index in [2.05, 4.69) is 0 Å². The molecule has 5 heteroatoms. The molecule has 4 aromatic rings. The summed E-state index contributed by atoms with van der Waals surface area (Å²) in [5, 5.41) is 4.76. The minimum Gasteiger partial charge on any atom is -0.497 e. The average Bonchev–Trinajstić information content (AvgIpc) is 3.16. The van der Waals surface area contributed by atoms with Crippen LogP contribution in [0.1, 0.15) is 28.3 Å². The van der Waals surface area contributed by atoms with Crippen LogP contribution < -0.4 is 9.47 Å².